The summed E-state index contributed by atoms with van der Waals surface area (Å²) in [6, 6.07) is 0.631. The fourth-order valence-corrected chi connectivity index (χ4v) is 3.74. The molecule has 0 aliphatic heterocycles. The zero-order valence-corrected chi connectivity index (χ0v) is 12.1. The summed E-state index contributed by atoms with van der Waals surface area (Å²) in [5.74, 6) is 0.969. The summed E-state index contributed by atoms with van der Waals surface area (Å²) >= 11 is 0. The quantitative estimate of drug-likeness (QED) is 0.863. The largest absolute Gasteiger partial charge is 0.313 e. The van der Waals surface area contributed by atoms with Gasteiger partial charge in [0.25, 0.3) is 0 Å². The molecule has 1 aromatic rings. The van der Waals surface area contributed by atoms with Crippen molar-refractivity contribution in [2.75, 3.05) is 6.54 Å². The van der Waals surface area contributed by atoms with Gasteiger partial charge in [-0.25, -0.2) is 4.98 Å². The van der Waals surface area contributed by atoms with Crippen LogP contribution in [0.4, 0.5) is 0 Å². The van der Waals surface area contributed by atoms with Crippen LogP contribution in [0.3, 0.4) is 0 Å². The number of hydrogen-bond acceptors (Lipinski definition) is 3. The number of nitrogens with one attached hydrogen (secondary N) is 2. The fourth-order valence-electron chi connectivity index (χ4n) is 3.74. The Balaban J connectivity index is 1.82. The highest BCUT2D eigenvalue weighted by Gasteiger charge is 2.37. The van der Waals surface area contributed by atoms with E-state index in [9.17, 15) is 0 Å². The Hall–Kier alpha value is -0.900. The van der Waals surface area contributed by atoms with E-state index >= 15 is 0 Å². The first kappa shape index (κ1) is 13.5. The topological polar surface area (TPSA) is 53.6 Å². The molecule has 0 atom stereocenters. The van der Waals surface area contributed by atoms with Crippen molar-refractivity contribution in [1.29, 1.82) is 0 Å². The van der Waals surface area contributed by atoms with Crippen LogP contribution in [0.5, 0.6) is 0 Å². The highest BCUT2D eigenvalue weighted by Crippen LogP contribution is 2.45. The lowest BCUT2D eigenvalue weighted by molar-refractivity contribution is 0.0854. The van der Waals surface area contributed by atoms with Gasteiger partial charge in [-0.1, -0.05) is 27.7 Å². The molecule has 2 rings (SSSR count). The first-order valence-electron chi connectivity index (χ1n) is 6.94. The molecule has 0 aromatic carbocycles. The second kappa shape index (κ2) is 5.00. The van der Waals surface area contributed by atoms with Gasteiger partial charge >= 0.3 is 0 Å². The Bertz CT molecular complexity index is 351. The molecule has 4 nitrogen and oxygen atoms in total. The maximum Gasteiger partial charge on any atom is 0.137 e. The van der Waals surface area contributed by atoms with Crippen molar-refractivity contribution in [1.82, 2.24) is 20.5 Å². The predicted octanol–water partition coefficient (Wildman–Crippen LogP) is 2.54. The minimum Gasteiger partial charge on any atom is -0.313 e. The molecular weight excluding hydrogens is 224 g/mol. The van der Waals surface area contributed by atoms with Crippen molar-refractivity contribution in [3.63, 3.8) is 0 Å². The van der Waals surface area contributed by atoms with Gasteiger partial charge in [0.2, 0.25) is 0 Å². The van der Waals surface area contributed by atoms with Crippen LogP contribution in [0.2, 0.25) is 0 Å². The van der Waals surface area contributed by atoms with Crippen molar-refractivity contribution in [3.05, 3.63) is 12.2 Å². The molecule has 18 heavy (non-hydrogen) atoms. The molecule has 1 fully saturated rings. The van der Waals surface area contributed by atoms with Crippen molar-refractivity contribution in [2.45, 2.75) is 59.4 Å². The summed E-state index contributed by atoms with van der Waals surface area (Å²) in [7, 11) is 0. The van der Waals surface area contributed by atoms with Crippen LogP contribution in [0.1, 0.15) is 52.8 Å². The summed E-state index contributed by atoms with van der Waals surface area (Å²) < 4.78 is 0. The average Bonchev–Trinajstić information content (AvgIpc) is 2.65. The number of rotatable bonds is 4. The van der Waals surface area contributed by atoms with E-state index in [0.717, 1.165) is 18.8 Å². The molecule has 1 heterocycles. The van der Waals surface area contributed by atoms with E-state index < -0.39 is 0 Å². The molecule has 0 amide bonds. The SMILES string of the molecule is CC1(C)CC(NCCc2ncn[nH]2)CC(C)(C)C1. The van der Waals surface area contributed by atoms with Gasteiger partial charge in [0.15, 0.2) is 0 Å². The van der Waals surface area contributed by atoms with Gasteiger partial charge in [-0.2, -0.15) is 5.10 Å². The molecule has 1 aromatic heterocycles. The fraction of sp³-hybridized carbons (Fsp3) is 0.857. The van der Waals surface area contributed by atoms with E-state index in [1.165, 1.54) is 19.3 Å². The normalized spacial score (nSPS) is 23.1. The van der Waals surface area contributed by atoms with E-state index in [4.69, 9.17) is 0 Å². The smallest absolute Gasteiger partial charge is 0.137 e. The highest BCUT2D eigenvalue weighted by molar-refractivity contribution is 4.92. The minimum atomic E-state index is 0.450. The average molecular weight is 250 g/mol. The van der Waals surface area contributed by atoms with Crippen molar-refractivity contribution in [3.8, 4) is 0 Å². The predicted molar refractivity (Wildman–Crippen MR) is 73.3 cm³/mol. The van der Waals surface area contributed by atoms with E-state index in [2.05, 4.69) is 48.2 Å². The lowest BCUT2D eigenvalue weighted by atomic mass is 9.63. The lowest BCUT2D eigenvalue weighted by Gasteiger charge is -2.45. The Morgan fingerprint density at radius 3 is 2.50 bits per heavy atom. The summed E-state index contributed by atoms with van der Waals surface area (Å²) in [5.41, 5.74) is 0.900. The summed E-state index contributed by atoms with van der Waals surface area (Å²) in [4.78, 5) is 4.15. The third kappa shape index (κ3) is 3.80. The zero-order valence-electron chi connectivity index (χ0n) is 12.1. The van der Waals surface area contributed by atoms with Gasteiger partial charge < -0.3 is 5.32 Å². The van der Waals surface area contributed by atoms with E-state index in [0.29, 0.717) is 16.9 Å². The van der Waals surface area contributed by atoms with Gasteiger partial charge in [-0.3, -0.25) is 5.10 Å². The van der Waals surface area contributed by atoms with Crippen LogP contribution in [0, 0.1) is 10.8 Å². The molecule has 4 heteroatoms. The number of aromatic nitrogens is 3. The third-order valence-electron chi connectivity index (χ3n) is 3.81. The lowest BCUT2D eigenvalue weighted by Crippen LogP contribution is -2.44. The first-order chi connectivity index (χ1) is 8.36. The second-order valence-corrected chi connectivity index (χ2v) is 7.25. The molecule has 102 valence electrons. The Labute approximate surface area is 110 Å². The maximum absolute atomic E-state index is 4.15. The van der Waals surface area contributed by atoms with Crippen molar-refractivity contribution in [2.24, 2.45) is 10.8 Å². The number of aromatic amines is 1. The zero-order chi connectivity index (χ0) is 13.2. The van der Waals surface area contributed by atoms with Crippen LogP contribution in [0.25, 0.3) is 0 Å². The monoisotopic (exact) mass is 250 g/mol. The molecule has 1 aliphatic carbocycles. The highest BCUT2D eigenvalue weighted by atomic mass is 15.2. The van der Waals surface area contributed by atoms with Crippen LogP contribution >= 0.6 is 0 Å². The molecule has 1 aliphatic rings. The van der Waals surface area contributed by atoms with Gasteiger partial charge in [-0.05, 0) is 30.1 Å². The molecule has 0 spiro atoms. The Morgan fingerprint density at radius 1 is 1.28 bits per heavy atom. The summed E-state index contributed by atoms with van der Waals surface area (Å²) in [5, 5.41) is 10.5. The number of nitrogens with zero attached hydrogens (tertiary/aromatic N) is 2. The van der Waals surface area contributed by atoms with Gasteiger partial charge in [0.05, 0.1) is 0 Å². The second-order valence-electron chi connectivity index (χ2n) is 7.25. The van der Waals surface area contributed by atoms with Crippen LogP contribution in [-0.2, 0) is 6.42 Å². The number of H-pyrrole nitrogens is 1. The van der Waals surface area contributed by atoms with Crippen LogP contribution in [0.15, 0.2) is 6.33 Å². The van der Waals surface area contributed by atoms with E-state index in [1.807, 2.05) is 0 Å². The summed E-state index contributed by atoms with van der Waals surface area (Å²) in [6.07, 6.45) is 6.36. The first-order valence-corrected chi connectivity index (χ1v) is 6.94. The Kier molecular flexibility index (Phi) is 3.76. The van der Waals surface area contributed by atoms with Gasteiger partial charge in [-0.15, -0.1) is 0 Å². The van der Waals surface area contributed by atoms with Gasteiger partial charge in [0.1, 0.15) is 12.2 Å². The molecule has 1 saturated carbocycles. The number of hydrogen-bond donors (Lipinski definition) is 2. The minimum absolute atomic E-state index is 0.450. The molecule has 2 N–H and O–H groups in total. The van der Waals surface area contributed by atoms with E-state index in [1.54, 1.807) is 6.33 Å². The Morgan fingerprint density at radius 2 is 1.94 bits per heavy atom. The van der Waals surface area contributed by atoms with E-state index in [-0.39, 0.29) is 0 Å². The van der Waals surface area contributed by atoms with Gasteiger partial charge in [0, 0.05) is 19.0 Å². The van der Waals surface area contributed by atoms with Crippen molar-refractivity contribution >= 4 is 0 Å². The maximum atomic E-state index is 4.15. The molecule has 0 radical (unpaired) electrons. The molecular formula is C14H26N4. The molecule has 0 unspecified atom stereocenters. The van der Waals surface area contributed by atoms with Crippen molar-refractivity contribution < 1.29 is 0 Å². The molecule has 0 saturated heterocycles. The van der Waals surface area contributed by atoms with Crippen LogP contribution < -0.4 is 5.32 Å². The third-order valence-corrected chi connectivity index (χ3v) is 3.81. The van der Waals surface area contributed by atoms with Crippen LogP contribution in [-0.4, -0.2) is 27.8 Å². The standard InChI is InChI=1S/C14H26N4/c1-13(2)7-11(8-14(3,4)9-13)15-6-5-12-16-10-17-18-12/h10-11,15H,5-9H2,1-4H3,(H,16,17,18). The summed E-state index contributed by atoms with van der Waals surface area (Å²) in [6.45, 7) is 10.5. The molecule has 0 bridgehead atoms.